The first-order valence-corrected chi connectivity index (χ1v) is 6.92. The Balaban J connectivity index is 3.11. The van der Waals surface area contributed by atoms with Crippen molar-refractivity contribution < 1.29 is 22.3 Å². The topological polar surface area (TPSA) is 98.5 Å². The van der Waals surface area contributed by atoms with Gasteiger partial charge >= 0.3 is 0 Å². The number of rotatable bonds is 5. The number of amides is 1. The number of hydrogen-bond acceptors (Lipinski definition) is 4. The molecule has 0 aliphatic carbocycles. The Bertz CT molecular complexity index is 587. The van der Waals surface area contributed by atoms with Crippen LogP contribution in [-0.2, 0) is 14.8 Å². The van der Waals surface area contributed by atoms with Crippen molar-refractivity contribution in [3.05, 3.63) is 29.1 Å². The Hall–Kier alpha value is -1.51. The molecular formula is C11H15FN2O4S. The highest BCUT2D eigenvalue weighted by atomic mass is 32.2. The van der Waals surface area contributed by atoms with Crippen molar-refractivity contribution in [3.8, 4) is 0 Å². The fraction of sp³-hybridized carbons (Fsp3) is 0.364. The zero-order chi connectivity index (χ0) is 14.6. The second kappa shape index (κ2) is 6.09. The van der Waals surface area contributed by atoms with Gasteiger partial charge in [-0.3, -0.25) is 4.79 Å². The standard InChI is InChI=1S/C11H15FN2O4S/c1-7-9(12)5-8(6-10(7)19(13,16)17)11(15)14-3-4-18-2/h5-6H,3-4H2,1-2H3,(H,14,15)(H2,13,16,17). The number of nitrogens with one attached hydrogen (secondary N) is 1. The molecular weight excluding hydrogens is 275 g/mol. The maximum atomic E-state index is 13.6. The second-order valence-electron chi connectivity index (χ2n) is 3.87. The number of ether oxygens (including phenoxy) is 1. The second-order valence-corrected chi connectivity index (χ2v) is 5.40. The maximum Gasteiger partial charge on any atom is 0.251 e. The summed E-state index contributed by atoms with van der Waals surface area (Å²) in [6.07, 6.45) is 0. The fourth-order valence-corrected chi connectivity index (χ4v) is 2.26. The van der Waals surface area contributed by atoms with Gasteiger partial charge in [0.2, 0.25) is 10.0 Å². The van der Waals surface area contributed by atoms with Crippen LogP contribution in [0.15, 0.2) is 17.0 Å². The quantitative estimate of drug-likeness (QED) is 0.754. The van der Waals surface area contributed by atoms with Gasteiger partial charge in [-0.2, -0.15) is 0 Å². The van der Waals surface area contributed by atoms with E-state index in [9.17, 15) is 17.6 Å². The number of carbonyl (C=O) groups excluding carboxylic acids is 1. The van der Waals surface area contributed by atoms with Crippen molar-refractivity contribution in [2.75, 3.05) is 20.3 Å². The Labute approximate surface area is 110 Å². The van der Waals surface area contributed by atoms with Crippen LogP contribution in [0.25, 0.3) is 0 Å². The molecule has 1 aromatic carbocycles. The van der Waals surface area contributed by atoms with Gasteiger partial charge in [-0.05, 0) is 19.1 Å². The molecule has 19 heavy (non-hydrogen) atoms. The van der Waals surface area contributed by atoms with E-state index in [0.29, 0.717) is 6.61 Å². The average molecular weight is 290 g/mol. The molecule has 0 aliphatic heterocycles. The number of hydrogen-bond donors (Lipinski definition) is 2. The maximum absolute atomic E-state index is 13.6. The predicted octanol–water partition coefficient (Wildman–Crippen LogP) is 0.158. The van der Waals surface area contributed by atoms with E-state index in [2.05, 4.69) is 5.32 Å². The molecule has 1 aromatic rings. The lowest BCUT2D eigenvalue weighted by molar-refractivity contribution is 0.0936. The summed E-state index contributed by atoms with van der Waals surface area (Å²) in [4.78, 5) is 11.3. The van der Waals surface area contributed by atoms with Crippen LogP contribution in [0.3, 0.4) is 0 Å². The summed E-state index contributed by atoms with van der Waals surface area (Å²) in [5, 5.41) is 7.43. The van der Waals surface area contributed by atoms with Crippen LogP contribution < -0.4 is 10.5 Å². The van der Waals surface area contributed by atoms with Crippen LogP contribution in [0.4, 0.5) is 4.39 Å². The summed E-state index contributed by atoms with van der Waals surface area (Å²) in [5.74, 6) is -1.40. The van der Waals surface area contributed by atoms with Crippen molar-refractivity contribution in [2.24, 2.45) is 5.14 Å². The number of methoxy groups -OCH3 is 1. The molecule has 0 fully saturated rings. The highest BCUT2D eigenvalue weighted by molar-refractivity contribution is 7.89. The van der Waals surface area contributed by atoms with Crippen LogP contribution in [0.1, 0.15) is 15.9 Å². The molecule has 1 rings (SSSR count). The van der Waals surface area contributed by atoms with Crippen LogP contribution in [0.2, 0.25) is 0 Å². The third-order valence-electron chi connectivity index (χ3n) is 2.46. The molecule has 106 valence electrons. The van der Waals surface area contributed by atoms with E-state index in [4.69, 9.17) is 9.88 Å². The van der Waals surface area contributed by atoms with E-state index >= 15 is 0 Å². The van der Waals surface area contributed by atoms with Crippen LogP contribution >= 0.6 is 0 Å². The summed E-state index contributed by atoms with van der Waals surface area (Å²) in [5.41, 5.74) is -0.223. The molecule has 0 aliphatic rings. The molecule has 0 spiro atoms. The minimum atomic E-state index is -4.08. The normalized spacial score (nSPS) is 11.4. The third kappa shape index (κ3) is 3.98. The summed E-state index contributed by atoms with van der Waals surface area (Å²) in [6, 6.07) is 2.02. The minimum Gasteiger partial charge on any atom is -0.383 e. The molecule has 1 amide bonds. The summed E-state index contributed by atoms with van der Waals surface area (Å²) in [6.45, 7) is 1.80. The summed E-state index contributed by atoms with van der Waals surface area (Å²) >= 11 is 0. The van der Waals surface area contributed by atoms with Gasteiger partial charge in [0.05, 0.1) is 11.5 Å². The molecule has 0 unspecified atom stereocenters. The number of nitrogens with two attached hydrogens (primary N) is 1. The highest BCUT2D eigenvalue weighted by Crippen LogP contribution is 2.19. The van der Waals surface area contributed by atoms with Gasteiger partial charge in [-0.1, -0.05) is 0 Å². The first kappa shape index (κ1) is 15.5. The van der Waals surface area contributed by atoms with E-state index in [-0.39, 0.29) is 17.7 Å². The van der Waals surface area contributed by atoms with Gasteiger partial charge in [0, 0.05) is 24.8 Å². The van der Waals surface area contributed by atoms with Crippen LogP contribution in [0, 0.1) is 12.7 Å². The van der Waals surface area contributed by atoms with Gasteiger partial charge < -0.3 is 10.1 Å². The smallest absolute Gasteiger partial charge is 0.251 e. The van der Waals surface area contributed by atoms with E-state index in [1.54, 1.807) is 0 Å². The molecule has 3 N–H and O–H groups in total. The Kier molecular flexibility index (Phi) is 4.98. The molecule has 0 heterocycles. The SMILES string of the molecule is COCCNC(=O)c1cc(F)c(C)c(S(N)(=O)=O)c1. The van der Waals surface area contributed by atoms with Gasteiger partial charge in [-0.25, -0.2) is 17.9 Å². The Morgan fingerprint density at radius 3 is 2.63 bits per heavy atom. The zero-order valence-corrected chi connectivity index (χ0v) is 11.4. The summed E-state index contributed by atoms with van der Waals surface area (Å²) in [7, 11) is -2.61. The monoisotopic (exact) mass is 290 g/mol. The van der Waals surface area contributed by atoms with Gasteiger partial charge in [-0.15, -0.1) is 0 Å². The number of carbonyl (C=O) groups is 1. The molecule has 0 aromatic heterocycles. The summed E-state index contributed by atoms with van der Waals surface area (Å²) < 4.78 is 40.9. The predicted molar refractivity (Wildman–Crippen MR) is 66.7 cm³/mol. The molecule has 6 nitrogen and oxygen atoms in total. The van der Waals surface area contributed by atoms with E-state index in [1.807, 2.05) is 0 Å². The third-order valence-corrected chi connectivity index (χ3v) is 3.49. The highest BCUT2D eigenvalue weighted by Gasteiger charge is 2.18. The van der Waals surface area contributed by atoms with Crippen LogP contribution in [0.5, 0.6) is 0 Å². The lowest BCUT2D eigenvalue weighted by Gasteiger charge is -2.09. The molecule has 0 bridgehead atoms. The first-order chi connectivity index (χ1) is 8.77. The Morgan fingerprint density at radius 2 is 2.11 bits per heavy atom. The van der Waals surface area contributed by atoms with Crippen LogP contribution in [-0.4, -0.2) is 34.6 Å². The minimum absolute atomic E-state index is 0.108. The number of halogens is 1. The molecule has 0 radical (unpaired) electrons. The largest absolute Gasteiger partial charge is 0.383 e. The van der Waals surface area contributed by atoms with E-state index in [1.165, 1.54) is 14.0 Å². The first-order valence-electron chi connectivity index (χ1n) is 5.37. The molecule has 0 saturated heterocycles. The number of benzene rings is 1. The van der Waals surface area contributed by atoms with Crippen molar-refractivity contribution in [1.82, 2.24) is 5.32 Å². The molecule has 0 saturated carbocycles. The van der Waals surface area contributed by atoms with Gasteiger partial charge in [0.15, 0.2) is 0 Å². The van der Waals surface area contributed by atoms with Gasteiger partial charge in [0.25, 0.3) is 5.91 Å². The number of sulfonamides is 1. The lowest BCUT2D eigenvalue weighted by atomic mass is 10.1. The van der Waals surface area contributed by atoms with Crippen molar-refractivity contribution in [2.45, 2.75) is 11.8 Å². The number of primary sulfonamides is 1. The van der Waals surface area contributed by atoms with Crippen molar-refractivity contribution >= 4 is 15.9 Å². The average Bonchev–Trinajstić information content (AvgIpc) is 2.31. The van der Waals surface area contributed by atoms with Crippen molar-refractivity contribution in [1.29, 1.82) is 0 Å². The fourth-order valence-electron chi connectivity index (χ4n) is 1.45. The Morgan fingerprint density at radius 1 is 1.47 bits per heavy atom. The molecule has 0 atom stereocenters. The van der Waals surface area contributed by atoms with Gasteiger partial charge in [0.1, 0.15) is 5.82 Å². The van der Waals surface area contributed by atoms with E-state index in [0.717, 1.165) is 12.1 Å². The van der Waals surface area contributed by atoms with E-state index < -0.39 is 26.6 Å². The lowest BCUT2D eigenvalue weighted by Crippen LogP contribution is -2.27. The zero-order valence-electron chi connectivity index (χ0n) is 10.6. The van der Waals surface area contributed by atoms with Crippen molar-refractivity contribution in [3.63, 3.8) is 0 Å². The molecule has 8 heteroatoms.